The highest BCUT2D eigenvalue weighted by atomic mass is 15.2. The van der Waals surface area contributed by atoms with Gasteiger partial charge in [0.15, 0.2) is 0 Å². The molecule has 1 aliphatic rings. The summed E-state index contributed by atoms with van der Waals surface area (Å²) in [4.78, 5) is 4.97. The van der Waals surface area contributed by atoms with E-state index in [0.29, 0.717) is 0 Å². The summed E-state index contributed by atoms with van der Waals surface area (Å²) >= 11 is 0. The van der Waals surface area contributed by atoms with Crippen molar-refractivity contribution in [1.82, 2.24) is 9.80 Å². The molecule has 0 aromatic rings. The fourth-order valence-corrected chi connectivity index (χ4v) is 2.85. The van der Waals surface area contributed by atoms with E-state index in [-0.39, 0.29) is 0 Å². The Morgan fingerprint density at radius 1 is 1.31 bits per heavy atom. The Morgan fingerprint density at radius 2 is 1.94 bits per heavy atom. The minimum Gasteiger partial charge on any atom is -0.330 e. The molecule has 1 unspecified atom stereocenters. The molecule has 3 nitrogen and oxygen atoms in total. The third kappa shape index (κ3) is 4.40. The second-order valence-electron chi connectivity index (χ2n) is 5.38. The van der Waals surface area contributed by atoms with E-state index < -0.39 is 0 Å². The fourth-order valence-electron chi connectivity index (χ4n) is 2.85. The number of rotatable bonds is 6. The summed E-state index contributed by atoms with van der Waals surface area (Å²) < 4.78 is 0. The van der Waals surface area contributed by atoms with Gasteiger partial charge in [-0.05, 0) is 65.3 Å². The highest BCUT2D eigenvalue weighted by Crippen LogP contribution is 2.21. The summed E-state index contributed by atoms with van der Waals surface area (Å²) in [5.74, 6) is 0.904. The molecule has 1 heterocycles. The number of hydrogen-bond donors (Lipinski definition) is 1. The van der Waals surface area contributed by atoms with Gasteiger partial charge in [0, 0.05) is 12.6 Å². The summed E-state index contributed by atoms with van der Waals surface area (Å²) in [6.07, 6.45) is 5.13. The first-order valence-corrected chi connectivity index (χ1v) is 6.76. The topological polar surface area (TPSA) is 32.5 Å². The van der Waals surface area contributed by atoms with E-state index in [1.54, 1.807) is 0 Å². The van der Waals surface area contributed by atoms with Crippen molar-refractivity contribution in [1.29, 1.82) is 0 Å². The van der Waals surface area contributed by atoms with Crippen molar-refractivity contribution < 1.29 is 0 Å². The number of likely N-dealkylation sites (tertiary alicyclic amines) is 1. The van der Waals surface area contributed by atoms with Crippen molar-refractivity contribution in [3.8, 4) is 0 Å². The van der Waals surface area contributed by atoms with Gasteiger partial charge in [-0.2, -0.15) is 0 Å². The molecule has 0 bridgehead atoms. The molecule has 3 heteroatoms. The quantitative estimate of drug-likeness (QED) is 0.744. The van der Waals surface area contributed by atoms with Gasteiger partial charge in [-0.1, -0.05) is 6.92 Å². The predicted molar refractivity (Wildman–Crippen MR) is 70.6 cm³/mol. The van der Waals surface area contributed by atoms with Crippen LogP contribution < -0.4 is 5.73 Å². The summed E-state index contributed by atoms with van der Waals surface area (Å²) in [5, 5.41) is 0. The number of nitrogens with two attached hydrogens (primary N) is 1. The molecule has 0 aromatic heterocycles. The number of piperidine rings is 1. The molecule has 1 saturated heterocycles. The molecular weight excluding hydrogens is 198 g/mol. The van der Waals surface area contributed by atoms with E-state index in [1.807, 2.05) is 0 Å². The molecule has 0 aliphatic carbocycles. The molecule has 1 aliphatic heterocycles. The van der Waals surface area contributed by atoms with Crippen LogP contribution in [0.25, 0.3) is 0 Å². The molecule has 96 valence electrons. The smallest absolute Gasteiger partial charge is 0.0105 e. The standard InChI is InChI=1S/C13H29N3/c1-4-13(5-8-14)16-9-6-12(7-10-16)11-15(2)3/h12-13H,4-11,14H2,1-3H3. The highest BCUT2D eigenvalue weighted by Gasteiger charge is 2.23. The summed E-state index contributed by atoms with van der Waals surface area (Å²) in [6.45, 7) is 6.91. The summed E-state index contributed by atoms with van der Waals surface area (Å²) in [7, 11) is 4.35. The SMILES string of the molecule is CCC(CCN)N1CCC(CN(C)C)CC1. The molecule has 2 N–H and O–H groups in total. The van der Waals surface area contributed by atoms with Crippen molar-refractivity contribution in [2.75, 3.05) is 40.3 Å². The molecule has 1 rings (SSSR count). The second kappa shape index (κ2) is 7.25. The van der Waals surface area contributed by atoms with E-state index in [9.17, 15) is 0 Å². The van der Waals surface area contributed by atoms with Gasteiger partial charge in [-0.25, -0.2) is 0 Å². The van der Waals surface area contributed by atoms with Gasteiger partial charge in [0.25, 0.3) is 0 Å². The normalized spacial score (nSPS) is 21.6. The maximum Gasteiger partial charge on any atom is 0.0105 e. The van der Waals surface area contributed by atoms with Crippen molar-refractivity contribution >= 4 is 0 Å². The van der Waals surface area contributed by atoms with Crippen LogP contribution in [0.2, 0.25) is 0 Å². The maximum atomic E-state index is 5.67. The average Bonchev–Trinajstić information content (AvgIpc) is 2.26. The fraction of sp³-hybridized carbons (Fsp3) is 1.00. The molecule has 1 atom stereocenters. The number of nitrogens with zero attached hydrogens (tertiary/aromatic N) is 2. The van der Waals surface area contributed by atoms with Crippen molar-refractivity contribution in [2.45, 2.75) is 38.6 Å². The second-order valence-corrected chi connectivity index (χ2v) is 5.38. The Hall–Kier alpha value is -0.120. The van der Waals surface area contributed by atoms with E-state index in [1.165, 1.54) is 38.9 Å². The van der Waals surface area contributed by atoms with E-state index in [0.717, 1.165) is 24.9 Å². The molecule has 0 aromatic carbocycles. The predicted octanol–water partition coefficient (Wildman–Crippen LogP) is 1.39. The first-order valence-electron chi connectivity index (χ1n) is 6.76. The summed E-state index contributed by atoms with van der Waals surface area (Å²) in [5.41, 5.74) is 5.67. The molecule has 16 heavy (non-hydrogen) atoms. The van der Waals surface area contributed by atoms with Crippen LogP contribution >= 0.6 is 0 Å². The van der Waals surface area contributed by atoms with Crippen LogP contribution in [0.1, 0.15) is 32.6 Å². The Labute approximate surface area is 101 Å². The van der Waals surface area contributed by atoms with Crippen LogP contribution in [0, 0.1) is 5.92 Å². The lowest BCUT2D eigenvalue weighted by molar-refractivity contribution is 0.113. The van der Waals surface area contributed by atoms with Gasteiger partial charge in [-0.15, -0.1) is 0 Å². The average molecular weight is 227 g/mol. The van der Waals surface area contributed by atoms with Crippen LogP contribution in [0.5, 0.6) is 0 Å². The van der Waals surface area contributed by atoms with Gasteiger partial charge in [0.1, 0.15) is 0 Å². The zero-order valence-corrected chi connectivity index (χ0v) is 11.3. The van der Waals surface area contributed by atoms with E-state index in [2.05, 4.69) is 30.8 Å². The van der Waals surface area contributed by atoms with E-state index >= 15 is 0 Å². The van der Waals surface area contributed by atoms with Gasteiger partial charge in [0.05, 0.1) is 0 Å². The van der Waals surface area contributed by atoms with E-state index in [4.69, 9.17) is 5.73 Å². The number of hydrogen-bond acceptors (Lipinski definition) is 3. The van der Waals surface area contributed by atoms with Crippen molar-refractivity contribution in [2.24, 2.45) is 11.7 Å². The minimum atomic E-state index is 0.727. The lowest BCUT2D eigenvalue weighted by atomic mass is 9.94. The van der Waals surface area contributed by atoms with Crippen LogP contribution in [0.15, 0.2) is 0 Å². The highest BCUT2D eigenvalue weighted by molar-refractivity contribution is 4.79. The van der Waals surface area contributed by atoms with Gasteiger partial charge in [-0.3, -0.25) is 0 Å². The zero-order chi connectivity index (χ0) is 12.0. The monoisotopic (exact) mass is 227 g/mol. The molecule has 0 amide bonds. The lowest BCUT2D eigenvalue weighted by Gasteiger charge is -2.38. The first-order chi connectivity index (χ1) is 7.67. The van der Waals surface area contributed by atoms with Crippen molar-refractivity contribution in [3.05, 3.63) is 0 Å². The van der Waals surface area contributed by atoms with Crippen LogP contribution in [-0.4, -0.2) is 56.1 Å². The maximum absolute atomic E-state index is 5.67. The largest absolute Gasteiger partial charge is 0.330 e. The first kappa shape index (κ1) is 13.9. The Balaban J connectivity index is 2.29. The van der Waals surface area contributed by atoms with Crippen LogP contribution in [-0.2, 0) is 0 Å². The molecule has 0 spiro atoms. The lowest BCUT2D eigenvalue weighted by Crippen LogP contribution is -2.43. The molecular formula is C13H29N3. The third-order valence-electron chi connectivity index (χ3n) is 3.76. The Bertz CT molecular complexity index is 174. The Morgan fingerprint density at radius 3 is 2.38 bits per heavy atom. The summed E-state index contributed by atoms with van der Waals surface area (Å²) in [6, 6.07) is 0.727. The van der Waals surface area contributed by atoms with Gasteiger partial charge >= 0.3 is 0 Å². The molecule has 0 saturated carbocycles. The van der Waals surface area contributed by atoms with Crippen molar-refractivity contribution in [3.63, 3.8) is 0 Å². The zero-order valence-electron chi connectivity index (χ0n) is 11.3. The molecule has 0 radical (unpaired) electrons. The Kier molecular flexibility index (Phi) is 6.32. The van der Waals surface area contributed by atoms with Gasteiger partial charge in [0.2, 0.25) is 0 Å². The minimum absolute atomic E-state index is 0.727. The third-order valence-corrected chi connectivity index (χ3v) is 3.76. The molecule has 1 fully saturated rings. The van der Waals surface area contributed by atoms with Crippen LogP contribution in [0.4, 0.5) is 0 Å². The van der Waals surface area contributed by atoms with Gasteiger partial charge < -0.3 is 15.5 Å². The van der Waals surface area contributed by atoms with Crippen LogP contribution in [0.3, 0.4) is 0 Å².